The van der Waals surface area contributed by atoms with Gasteiger partial charge in [0.1, 0.15) is 6.04 Å². The quantitative estimate of drug-likeness (QED) is 0.866. The molecule has 3 atom stereocenters. The molecule has 134 valence electrons. The Bertz CT molecular complexity index is 668. The summed E-state index contributed by atoms with van der Waals surface area (Å²) in [5.41, 5.74) is 0.796. The number of nitrogens with zero attached hydrogens (tertiary/aromatic N) is 1. The molecule has 0 aliphatic carbocycles. The number of hydrogen-bond donors (Lipinski definition) is 2. The molecule has 1 aromatic rings. The second-order valence-electron chi connectivity index (χ2n) is 7.56. The highest BCUT2D eigenvalue weighted by Gasteiger charge is 2.36. The van der Waals surface area contributed by atoms with Gasteiger partial charge in [-0.1, -0.05) is 17.7 Å². The average Bonchev–Trinajstić information content (AvgIpc) is 3.10. The van der Waals surface area contributed by atoms with Crippen molar-refractivity contribution in [2.24, 2.45) is 5.92 Å². The number of carbonyl (C=O) groups is 2. The maximum Gasteiger partial charge on any atom is 0.249 e. The Morgan fingerprint density at radius 2 is 2.00 bits per heavy atom. The van der Waals surface area contributed by atoms with E-state index in [4.69, 9.17) is 11.6 Å². The van der Waals surface area contributed by atoms with Crippen molar-refractivity contribution in [3.05, 3.63) is 29.3 Å². The Morgan fingerprint density at radius 1 is 1.24 bits per heavy atom. The molecule has 5 nitrogen and oxygen atoms in total. The minimum absolute atomic E-state index is 0.0117. The summed E-state index contributed by atoms with van der Waals surface area (Å²) in [5.74, 6) is 0.415. The van der Waals surface area contributed by atoms with Crippen LogP contribution in [0.15, 0.2) is 24.3 Å². The number of anilines is 1. The molecule has 0 spiro atoms. The van der Waals surface area contributed by atoms with Crippen LogP contribution in [0.4, 0.5) is 5.69 Å². The molecule has 6 heteroatoms. The highest BCUT2D eigenvalue weighted by atomic mass is 35.5. The largest absolute Gasteiger partial charge is 0.344 e. The monoisotopic (exact) mass is 361 g/mol. The van der Waals surface area contributed by atoms with Gasteiger partial charge in [-0.05, 0) is 56.2 Å². The van der Waals surface area contributed by atoms with Gasteiger partial charge in [0, 0.05) is 35.8 Å². The summed E-state index contributed by atoms with van der Waals surface area (Å²) < 4.78 is 0. The summed E-state index contributed by atoms with van der Waals surface area (Å²) in [5, 5.41) is 7.17. The fraction of sp³-hybridized carbons (Fsp3) is 0.579. The lowest BCUT2D eigenvalue weighted by Crippen LogP contribution is -2.44. The van der Waals surface area contributed by atoms with Gasteiger partial charge >= 0.3 is 0 Å². The summed E-state index contributed by atoms with van der Waals surface area (Å²) in [4.78, 5) is 26.7. The van der Waals surface area contributed by atoms with Crippen LogP contribution in [0.5, 0.6) is 0 Å². The second kappa shape index (κ2) is 6.96. The molecule has 0 aromatic heterocycles. The van der Waals surface area contributed by atoms with E-state index in [2.05, 4.69) is 10.6 Å². The molecule has 25 heavy (non-hydrogen) atoms. The fourth-order valence-corrected chi connectivity index (χ4v) is 4.76. The van der Waals surface area contributed by atoms with Gasteiger partial charge in [-0.2, -0.15) is 0 Å². The van der Waals surface area contributed by atoms with Gasteiger partial charge in [0.2, 0.25) is 11.8 Å². The lowest BCUT2D eigenvalue weighted by molar-refractivity contribution is -0.127. The molecule has 3 unspecified atom stereocenters. The van der Waals surface area contributed by atoms with E-state index >= 15 is 0 Å². The van der Waals surface area contributed by atoms with Crippen LogP contribution in [0.25, 0.3) is 0 Å². The topological polar surface area (TPSA) is 61.4 Å². The maximum absolute atomic E-state index is 12.6. The van der Waals surface area contributed by atoms with Crippen LogP contribution in [0.2, 0.25) is 5.02 Å². The third-order valence-corrected chi connectivity index (χ3v) is 5.94. The van der Waals surface area contributed by atoms with E-state index in [0.717, 1.165) is 18.5 Å². The van der Waals surface area contributed by atoms with Gasteiger partial charge in [0.15, 0.2) is 0 Å². The van der Waals surface area contributed by atoms with Crippen LogP contribution in [-0.2, 0) is 9.59 Å². The van der Waals surface area contributed by atoms with Gasteiger partial charge < -0.3 is 15.5 Å². The number of carbonyl (C=O) groups excluding carboxylic acids is 2. The van der Waals surface area contributed by atoms with Crippen molar-refractivity contribution >= 4 is 29.1 Å². The van der Waals surface area contributed by atoms with Crippen LogP contribution < -0.4 is 15.5 Å². The molecule has 3 fully saturated rings. The number of amides is 2. The highest BCUT2D eigenvalue weighted by molar-refractivity contribution is 6.31. The van der Waals surface area contributed by atoms with Crippen molar-refractivity contribution < 1.29 is 9.59 Å². The Balaban J connectivity index is 1.32. The lowest BCUT2D eigenvalue weighted by Gasteiger charge is -2.28. The van der Waals surface area contributed by atoms with E-state index in [1.165, 1.54) is 12.8 Å². The zero-order chi connectivity index (χ0) is 17.4. The molecule has 3 aliphatic heterocycles. The fourth-order valence-electron chi connectivity index (χ4n) is 4.57. The van der Waals surface area contributed by atoms with Gasteiger partial charge in [-0.25, -0.2) is 0 Å². The lowest BCUT2D eigenvalue weighted by atomic mass is 9.89. The van der Waals surface area contributed by atoms with E-state index in [1.54, 1.807) is 17.0 Å². The molecular weight excluding hydrogens is 338 g/mol. The first-order chi connectivity index (χ1) is 12.1. The normalized spacial score (nSPS) is 31.4. The van der Waals surface area contributed by atoms with E-state index in [9.17, 15) is 9.59 Å². The second-order valence-corrected chi connectivity index (χ2v) is 7.99. The Kier molecular flexibility index (Phi) is 4.69. The molecule has 0 radical (unpaired) electrons. The van der Waals surface area contributed by atoms with Crippen molar-refractivity contribution in [1.82, 2.24) is 10.6 Å². The number of hydrogen-bond acceptors (Lipinski definition) is 3. The number of rotatable bonds is 4. The van der Waals surface area contributed by atoms with E-state index in [-0.39, 0.29) is 11.8 Å². The van der Waals surface area contributed by atoms with Crippen molar-refractivity contribution in [3.8, 4) is 0 Å². The van der Waals surface area contributed by atoms with Crippen molar-refractivity contribution in [2.45, 2.75) is 56.7 Å². The van der Waals surface area contributed by atoms with E-state index in [0.29, 0.717) is 42.4 Å². The zero-order valence-corrected chi connectivity index (χ0v) is 15.0. The minimum Gasteiger partial charge on any atom is -0.344 e. The zero-order valence-electron chi connectivity index (χ0n) is 14.2. The third kappa shape index (κ3) is 3.67. The van der Waals surface area contributed by atoms with E-state index in [1.807, 2.05) is 12.1 Å². The molecule has 3 heterocycles. The number of benzene rings is 1. The molecule has 0 saturated carbocycles. The van der Waals surface area contributed by atoms with Crippen LogP contribution in [0.3, 0.4) is 0 Å². The Labute approximate surface area is 153 Å². The smallest absolute Gasteiger partial charge is 0.249 e. The number of halogens is 1. The highest BCUT2D eigenvalue weighted by Crippen LogP contribution is 2.32. The standard InChI is InChI=1S/C19H24ClN3O2/c20-13-2-1-3-16(11-13)23-7-6-17(19(23)25)22-18(24)10-12-8-14-4-5-15(9-12)21-14/h1-3,11-12,14-15,17,21H,4-10H2,(H,22,24). The molecule has 2 amide bonds. The number of nitrogens with one attached hydrogen (secondary N) is 2. The molecular formula is C19H24ClN3O2. The molecule has 2 bridgehead atoms. The first kappa shape index (κ1) is 16.9. The SMILES string of the molecule is O=C(CC1CC2CCC(C1)N2)NC1CCN(c2cccc(Cl)c2)C1=O. The van der Waals surface area contributed by atoms with Crippen LogP contribution >= 0.6 is 11.6 Å². The van der Waals surface area contributed by atoms with Gasteiger partial charge in [0.25, 0.3) is 0 Å². The molecule has 3 saturated heterocycles. The molecule has 3 aliphatic rings. The van der Waals surface area contributed by atoms with Gasteiger partial charge in [-0.3, -0.25) is 9.59 Å². The molecule has 4 rings (SSSR count). The van der Waals surface area contributed by atoms with Crippen molar-refractivity contribution in [3.63, 3.8) is 0 Å². The summed E-state index contributed by atoms with van der Waals surface area (Å²) in [6, 6.07) is 8.04. The van der Waals surface area contributed by atoms with Crippen molar-refractivity contribution in [2.75, 3.05) is 11.4 Å². The first-order valence-electron chi connectivity index (χ1n) is 9.21. The summed E-state index contributed by atoms with van der Waals surface area (Å²) in [7, 11) is 0. The third-order valence-electron chi connectivity index (χ3n) is 5.71. The van der Waals surface area contributed by atoms with Gasteiger partial charge in [0.05, 0.1) is 0 Å². The molecule has 1 aromatic carbocycles. The average molecular weight is 362 g/mol. The van der Waals surface area contributed by atoms with Crippen LogP contribution in [-0.4, -0.2) is 36.5 Å². The molecule has 2 N–H and O–H groups in total. The van der Waals surface area contributed by atoms with Crippen molar-refractivity contribution in [1.29, 1.82) is 0 Å². The summed E-state index contributed by atoms with van der Waals surface area (Å²) >= 11 is 6.02. The summed E-state index contributed by atoms with van der Waals surface area (Å²) in [6.45, 7) is 0.613. The summed E-state index contributed by atoms with van der Waals surface area (Å²) in [6.07, 6.45) is 5.81. The minimum atomic E-state index is -0.412. The number of piperidine rings is 1. The first-order valence-corrected chi connectivity index (χ1v) is 9.58. The Hall–Kier alpha value is -1.59. The predicted octanol–water partition coefficient (Wildman–Crippen LogP) is 2.48. The van der Waals surface area contributed by atoms with Gasteiger partial charge in [-0.15, -0.1) is 0 Å². The Morgan fingerprint density at radius 3 is 2.72 bits per heavy atom. The maximum atomic E-state index is 12.6. The predicted molar refractivity (Wildman–Crippen MR) is 97.6 cm³/mol. The van der Waals surface area contributed by atoms with Crippen LogP contribution in [0, 0.1) is 5.92 Å². The number of fused-ring (bicyclic) bond motifs is 2. The van der Waals surface area contributed by atoms with Crippen LogP contribution in [0.1, 0.15) is 38.5 Å². The van der Waals surface area contributed by atoms with E-state index < -0.39 is 6.04 Å².